The van der Waals surface area contributed by atoms with E-state index in [2.05, 4.69) is 10.6 Å². The van der Waals surface area contributed by atoms with Gasteiger partial charge in [-0.15, -0.1) is 0 Å². The minimum atomic E-state index is -0.921. The lowest BCUT2D eigenvalue weighted by atomic mass is 10.1. The van der Waals surface area contributed by atoms with Crippen molar-refractivity contribution >= 4 is 22.8 Å². The molecule has 0 aliphatic rings. The lowest BCUT2D eigenvalue weighted by Crippen LogP contribution is -2.43. The van der Waals surface area contributed by atoms with E-state index in [-0.39, 0.29) is 18.5 Å². The first kappa shape index (κ1) is 16.9. The molecule has 2 amide bonds. The SMILES string of the molecule is CCCC(CC(=O)O)NC(=O)NCCCS(C)=O. The van der Waals surface area contributed by atoms with Crippen molar-refractivity contribution in [1.29, 1.82) is 0 Å². The van der Waals surface area contributed by atoms with Crippen LogP contribution in [0.15, 0.2) is 0 Å². The van der Waals surface area contributed by atoms with E-state index in [1.807, 2.05) is 6.92 Å². The highest BCUT2D eigenvalue weighted by atomic mass is 32.2. The van der Waals surface area contributed by atoms with Crippen LogP contribution >= 0.6 is 0 Å². The molecule has 0 bridgehead atoms. The molecule has 3 N–H and O–H groups in total. The van der Waals surface area contributed by atoms with Gasteiger partial charge >= 0.3 is 12.0 Å². The van der Waals surface area contributed by atoms with E-state index in [0.29, 0.717) is 25.1 Å². The minimum Gasteiger partial charge on any atom is -0.481 e. The number of carboxylic acids is 1. The number of carboxylic acid groups (broad SMARTS) is 1. The molecule has 0 spiro atoms. The molecule has 0 saturated carbocycles. The number of nitrogens with one attached hydrogen (secondary N) is 2. The molecule has 0 aliphatic carbocycles. The van der Waals surface area contributed by atoms with E-state index in [9.17, 15) is 13.8 Å². The van der Waals surface area contributed by atoms with Crippen LogP contribution in [0, 0.1) is 0 Å². The number of carbonyl (C=O) groups excluding carboxylic acids is 1. The number of aliphatic carboxylic acids is 1. The second-order valence-corrected chi connectivity index (χ2v) is 5.67. The third-order valence-corrected chi connectivity index (χ3v) is 3.15. The summed E-state index contributed by atoms with van der Waals surface area (Å²) in [5.74, 6) is -0.372. The van der Waals surface area contributed by atoms with Crippen molar-refractivity contribution in [3.8, 4) is 0 Å². The van der Waals surface area contributed by atoms with Crippen molar-refractivity contribution in [3.63, 3.8) is 0 Å². The number of hydrogen-bond donors (Lipinski definition) is 3. The number of rotatable bonds is 9. The molecule has 0 aromatic heterocycles. The highest BCUT2D eigenvalue weighted by Crippen LogP contribution is 2.01. The van der Waals surface area contributed by atoms with Gasteiger partial charge in [-0.25, -0.2) is 4.79 Å². The van der Waals surface area contributed by atoms with E-state index in [4.69, 9.17) is 5.11 Å². The summed E-state index contributed by atoms with van der Waals surface area (Å²) in [6, 6.07) is -0.704. The van der Waals surface area contributed by atoms with Crippen molar-refractivity contribution in [2.75, 3.05) is 18.6 Å². The van der Waals surface area contributed by atoms with Crippen LogP contribution in [0.1, 0.15) is 32.6 Å². The van der Waals surface area contributed by atoms with Crippen LogP contribution in [-0.2, 0) is 15.6 Å². The van der Waals surface area contributed by atoms with Gasteiger partial charge in [0.05, 0.1) is 6.42 Å². The first-order valence-electron chi connectivity index (χ1n) is 6.01. The summed E-state index contributed by atoms with van der Waals surface area (Å²) in [4.78, 5) is 22.1. The van der Waals surface area contributed by atoms with Gasteiger partial charge in [0.15, 0.2) is 0 Å². The highest BCUT2D eigenvalue weighted by Gasteiger charge is 2.14. The van der Waals surface area contributed by atoms with Gasteiger partial charge < -0.3 is 15.7 Å². The maximum atomic E-state index is 11.5. The summed E-state index contributed by atoms with van der Waals surface area (Å²) in [5, 5.41) is 13.9. The van der Waals surface area contributed by atoms with E-state index in [1.165, 1.54) is 0 Å². The standard InChI is InChI=1S/C11H22N2O4S/c1-3-5-9(8-10(14)15)13-11(16)12-6-4-7-18(2)17/h9H,3-8H2,1-2H3,(H,14,15)(H2,12,13,16). The first-order valence-corrected chi connectivity index (χ1v) is 7.74. The summed E-state index contributed by atoms with van der Waals surface area (Å²) in [7, 11) is -0.851. The smallest absolute Gasteiger partial charge is 0.315 e. The Kier molecular flexibility index (Phi) is 9.26. The van der Waals surface area contributed by atoms with E-state index >= 15 is 0 Å². The molecule has 2 atom stereocenters. The Morgan fingerprint density at radius 3 is 2.56 bits per heavy atom. The molecule has 0 heterocycles. The molecule has 18 heavy (non-hydrogen) atoms. The number of hydrogen-bond acceptors (Lipinski definition) is 3. The third-order valence-electron chi connectivity index (χ3n) is 2.29. The Balaban J connectivity index is 3.86. The van der Waals surface area contributed by atoms with E-state index < -0.39 is 16.8 Å². The van der Waals surface area contributed by atoms with Crippen LogP contribution in [0.3, 0.4) is 0 Å². The topological polar surface area (TPSA) is 95.5 Å². The van der Waals surface area contributed by atoms with Crippen LogP contribution in [0.4, 0.5) is 4.79 Å². The van der Waals surface area contributed by atoms with E-state index in [0.717, 1.165) is 6.42 Å². The van der Waals surface area contributed by atoms with Crippen LogP contribution in [-0.4, -0.2) is 45.9 Å². The fourth-order valence-electron chi connectivity index (χ4n) is 1.50. The molecule has 0 saturated heterocycles. The molecule has 0 rings (SSSR count). The predicted molar refractivity (Wildman–Crippen MR) is 71.0 cm³/mol. The van der Waals surface area contributed by atoms with Crippen molar-refractivity contribution in [2.24, 2.45) is 0 Å². The minimum absolute atomic E-state index is 0.0692. The van der Waals surface area contributed by atoms with Gasteiger partial charge in [-0.05, 0) is 12.8 Å². The maximum Gasteiger partial charge on any atom is 0.315 e. The Bertz CT molecular complexity index is 297. The molecule has 2 unspecified atom stereocenters. The van der Waals surface area contributed by atoms with Crippen molar-refractivity contribution in [1.82, 2.24) is 10.6 Å². The quantitative estimate of drug-likeness (QED) is 0.541. The predicted octanol–water partition coefficient (Wildman–Crippen LogP) is 0.698. The third kappa shape index (κ3) is 10.1. The van der Waals surface area contributed by atoms with Crippen molar-refractivity contribution in [3.05, 3.63) is 0 Å². The van der Waals surface area contributed by atoms with Crippen LogP contribution < -0.4 is 10.6 Å². The Labute approximate surface area is 110 Å². The average molecular weight is 278 g/mol. The summed E-state index contributed by atoms with van der Waals surface area (Å²) >= 11 is 0. The molecule has 0 fully saturated rings. The van der Waals surface area contributed by atoms with Gasteiger partial charge in [0.1, 0.15) is 0 Å². The summed E-state index contributed by atoms with van der Waals surface area (Å²) in [5.41, 5.74) is 0. The monoisotopic (exact) mass is 278 g/mol. The molecule has 6 nitrogen and oxygen atoms in total. The lowest BCUT2D eigenvalue weighted by molar-refractivity contribution is -0.137. The van der Waals surface area contributed by atoms with Gasteiger partial charge in [-0.2, -0.15) is 0 Å². The van der Waals surface area contributed by atoms with Gasteiger partial charge in [0.2, 0.25) is 0 Å². The molecule has 0 aromatic carbocycles. The maximum absolute atomic E-state index is 11.5. The summed E-state index contributed by atoms with van der Waals surface area (Å²) in [6.07, 6.45) is 3.64. The Morgan fingerprint density at radius 2 is 2.06 bits per heavy atom. The Morgan fingerprint density at radius 1 is 1.39 bits per heavy atom. The average Bonchev–Trinajstić information content (AvgIpc) is 2.23. The molecule has 0 aromatic rings. The summed E-state index contributed by atoms with van der Waals surface area (Å²) < 4.78 is 10.8. The molecule has 0 aliphatic heterocycles. The second kappa shape index (κ2) is 9.87. The molecule has 0 radical (unpaired) electrons. The molecule has 106 valence electrons. The van der Waals surface area contributed by atoms with Gasteiger partial charge in [0.25, 0.3) is 0 Å². The van der Waals surface area contributed by atoms with Crippen molar-refractivity contribution < 1.29 is 18.9 Å². The van der Waals surface area contributed by atoms with Crippen LogP contribution in [0.2, 0.25) is 0 Å². The second-order valence-electron chi connectivity index (χ2n) is 4.11. The zero-order valence-corrected chi connectivity index (χ0v) is 11.7. The number of urea groups is 1. The zero-order valence-electron chi connectivity index (χ0n) is 10.9. The molecular formula is C11H22N2O4S. The van der Waals surface area contributed by atoms with Crippen molar-refractivity contribution in [2.45, 2.75) is 38.6 Å². The number of amides is 2. The van der Waals surface area contributed by atoms with Gasteiger partial charge in [0, 0.05) is 35.4 Å². The Hall–Kier alpha value is -1.11. The first-order chi connectivity index (χ1) is 8.45. The molecule has 7 heteroatoms. The fraction of sp³-hybridized carbons (Fsp3) is 0.818. The zero-order chi connectivity index (χ0) is 14.0. The van der Waals surface area contributed by atoms with Gasteiger partial charge in [-0.1, -0.05) is 13.3 Å². The fourth-order valence-corrected chi connectivity index (χ4v) is 2.05. The van der Waals surface area contributed by atoms with Crippen LogP contribution in [0.5, 0.6) is 0 Å². The highest BCUT2D eigenvalue weighted by molar-refractivity contribution is 7.84. The largest absolute Gasteiger partial charge is 0.481 e. The van der Waals surface area contributed by atoms with Crippen LogP contribution in [0.25, 0.3) is 0 Å². The number of carbonyl (C=O) groups is 2. The lowest BCUT2D eigenvalue weighted by Gasteiger charge is -2.16. The van der Waals surface area contributed by atoms with Gasteiger partial charge in [-0.3, -0.25) is 9.00 Å². The molecular weight excluding hydrogens is 256 g/mol. The van der Waals surface area contributed by atoms with E-state index in [1.54, 1.807) is 6.26 Å². The summed E-state index contributed by atoms with van der Waals surface area (Å²) in [6.45, 7) is 2.38. The normalized spacial score (nSPS) is 13.7.